The van der Waals surface area contributed by atoms with Crippen LogP contribution in [0.2, 0.25) is 0 Å². The lowest BCUT2D eigenvalue weighted by Crippen LogP contribution is -2.22. The van der Waals surface area contributed by atoms with Crippen LogP contribution in [0.3, 0.4) is 0 Å². The molecule has 126 valence electrons. The van der Waals surface area contributed by atoms with Gasteiger partial charge in [-0.05, 0) is 60.7 Å². The van der Waals surface area contributed by atoms with Crippen LogP contribution in [0.15, 0.2) is 30.3 Å². The van der Waals surface area contributed by atoms with Gasteiger partial charge in [0, 0.05) is 0 Å². The van der Waals surface area contributed by atoms with Crippen LogP contribution in [0.25, 0.3) is 10.8 Å². The molecule has 0 aliphatic rings. The molecule has 0 radical (unpaired) electrons. The predicted molar refractivity (Wildman–Crippen MR) is 102 cm³/mol. The Bertz CT molecular complexity index is 651. The molecule has 2 aromatic rings. The molecule has 2 aromatic carbocycles. The molecular formula is C20H27BrO2. The second kappa shape index (κ2) is 8.05. The largest absolute Gasteiger partial charge is 0.493 e. The first kappa shape index (κ1) is 18.1. The first-order chi connectivity index (χ1) is 10.9. The molecule has 0 aromatic heterocycles. The Hall–Kier alpha value is -1.22. The number of rotatable bonds is 7. The van der Waals surface area contributed by atoms with E-state index in [4.69, 9.17) is 9.47 Å². The molecule has 2 rings (SSSR count). The van der Waals surface area contributed by atoms with Gasteiger partial charge in [0.1, 0.15) is 17.6 Å². The highest BCUT2D eigenvalue weighted by Gasteiger charge is 2.14. The second-order valence-corrected chi connectivity index (χ2v) is 7.70. The average Bonchev–Trinajstić information content (AvgIpc) is 2.53. The zero-order valence-electron chi connectivity index (χ0n) is 14.7. The molecule has 2 unspecified atom stereocenters. The smallest absolute Gasteiger partial charge is 0.122 e. The summed E-state index contributed by atoms with van der Waals surface area (Å²) in [6, 6.07) is 10.5. The van der Waals surface area contributed by atoms with Crippen LogP contribution in [0.1, 0.15) is 39.7 Å². The molecule has 0 spiro atoms. The normalized spacial score (nSPS) is 14.0. The van der Waals surface area contributed by atoms with Gasteiger partial charge in [0.15, 0.2) is 0 Å². The number of halogens is 1. The quantitative estimate of drug-likeness (QED) is 0.539. The Morgan fingerprint density at radius 1 is 1.09 bits per heavy atom. The van der Waals surface area contributed by atoms with E-state index in [1.165, 1.54) is 16.3 Å². The average molecular weight is 379 g/mol. The van der Waals surface area contributed by atoms with E-state index in [2.05, 4.69) is 74.8 Å². The Morgan fingerprint density at radius 3 is 2.48 bits per heavy atom. The van der Waals surface area contributed by atoms with Gasteiger partial charge in [-0.1, -0.05) is 48.8 Å². The molecule has 0 aliphatic carbocycles. The number of hydrogen-bond donors (Lipinski definition) is 0. The van der Waals surface area contributed by atoms with Crippen LogP contribution >= 0.6 is 15.9 Å². The van der Waals surface area contributed by atoms with Crippen molar-refractivity contribution in [1.29, 1.82) is 0 Å². The van der Waals surface area contributed by atoms with Gasteiger partial charge < -0.3 is 9.47 Å². The summed E-state index contributed by atoms with van der Waals surface area (Å²) in [5, 5.41) is 2.41. The fourth-order valence-corrected chi connectivity index (χ4v) is 2.66. The lowest BCUT2D eigenvalue weighted by molar-refractivity contribution is 0.218. The molecule has 0 N–H and O–H groups in total. The fraction of sp³-hybridized carbons (Fsp3) is 0.500. The maximum Gasteiger partial charge on any atom is 0.122 e. The van der Waals surface area contributed by atoms with Gasteiger partial charge in [-0.3, -0.25) is 0 Å². The van der Waals surface area contributed by atoms with Crippen molar-refractivity contribution in [2.24, 2.45) is 5.92 Å². The monoisotopic (exact) mass is 378 g/mol. The second-order valence-electron chi connectivity index (χ2n) is 6.52. The Morgan fingerprint density at radius 2 is 1.83 bits per heavy atom. The summed E-state index contributed by atoms with van der Waals surface area (Å²) in [7, 11) is 0. The van der Waals surface area contributed by atoms with Crippen LogP contribution in [0, 0.1) is 12.8 Å². The van der Waals surface area contributed by atoms with Gasteiger partial charge in [0.2, 0.25) is 0 Å². The summed E-state index contributed by atoms with van der Waals surface area (Å²) in [5.41, 5.74) is 1.19. The zero-order valence-corrected chi connectivity index (χ0v) is 16.3. The summed E-state index contributed by atoms with van der Waals surface area (Å²) in [4.78, 5) is 0.367. The number of alkyl halides is 1. The van der Waals surface area contributed by atoms with E-state index in [0.717, 1.165) is 24.5 Å². The summed E-state index contributed by atoms with van der Waals surface area (Å²) in [6.07, 6.45) is 1.19. The zero-order chi connectivity index (χ0) is 17.0. The first-order valence-corrected chi connectivity index (χ1v) is 9.30. The molecule has 0 aliphatic heterocycles. The Balaban J connectivity index is 2.22. The van der Waals surface area contributed by atoms with Gasteiger partial charge in [-0.25, -0.2) is 0 Å². The fourth-order valence-electron chi connectivity index (χ4n) is 2.55. The van der Waals surface area contributed by atoms with Crippen molar-refractivity contribution < 1.29 is 9.47 Å². The van der Waals surface area contributed by atoms with Crippen molar-refractivity contribution >= 4 is 26.7 Å². The predicted octanol–water partition coefficient (Wildman–Crippen LogP) is 6.12. The van der Waals surface area contributed by atoms with Crippen LogP contribution in [0.4, 0.5) is 0 Å². The van der Waals surface area contributed by atoms with E-state index in [1.807, 2.05) is 6.07 Å². The maximum atomic E-state index is 6.05. The molecule has 2 nitrogen and oxygen atoms in total. The minimum Gasteiger partial charge on any atom is -0.493 e. The van der Waals surface area contributed by atoms with Crippen molar-refractivity contribution in [3.05, 3.63) is 35.9 Å². The van der Waals surface area contributed by atoms with E-state index >= 15 is 0 Å². The van der Waals surface area contributed by atoms with Crippen molar-refractivity contribution in [2.45, 2.75) is 52.0 Å². The van der Waals surface area contributed by atoms with E-state index in [1.54, 1.807) is 0 Å². The van der Waals surface area contributed by atoms with Crippen LogP contribution < -0.4 is 9.47 Å². The SMILES string of the molecule is CCC(Br)C(C)Oc1ccc2c(C)c(OCC(C)C)ccc2c1. The summed E-state index contributed by atoms with van der Waals surface area (Å²) >= 11 is 3.66. The lowest BCUT2D eigenvalue weighted by atomic mass is 10.0. The first-order valence-electron chi connectivity index (χ1n) is 8.39. The number of fused-ring (bicyclic) bond motifs is 1. The van der Waals surface area contributed by atoms with Gasteiger partial charge in [-0.15, -0.1) is 0 Å². The van der Waals surface area contributed by atoms with E-state index in [0.29, 0.717) is 10.7 Å². The highest BCUT2D eigenvalue weighted by Crippen LogP contribution is 2.31. The van der Waals surface area contributed by atoms with Crippen molar-refractivity contribution in [3.8, 4) is 11.5 Å². The van der Waals surface area contributed by atoms with E-state index < -0.39 is 0 Å². The summed E-state index contributed by atoms with van der Waals surface area (Å²) in [5.74, 6) is 2.41. The molecule has 0 bridgehead atoms. The number of ether oxygens (including phenoxy) is 2. The molecule has 3 heteroatoms. The number of hydrogen-bond acceptors (Lipinski definition) is 2. The Kier molecular flexibility index (Phi) is 6.34. The number of benzene rings is 2. The van der Waals surface area contributed by atoms with E-state index in [9.17, 15) is 0 Å². The van der Waals surface area contributed by atoms with Crippen molar-refractivity contribution in [2.75, 3.05) is 6.61 Å². The third-order valence-corrected chi connectivity index (χ3v) is 5.40. The topological polar surface area (TPSA) is 18.5 Å². The standard InChI is InChI=1S/C20H27BrO2/c1-6-19(21)15(5)23-17-8-9-18-14(4)20(22-12-13(2)3)10-7-16(18)11-17/h7-11,13,15,19H,6,12H2,1-5H3. The minimum atomic E-state index is 0.146. The summed E-state index contributed by atoms with van der Waals surface area (Å²) < 4.78 is 12.0. The highest BCUT2D eigenvalue weighted by molar-refractivity contribution is 9.09. The Labute approximate surface area is 148 Å². The van der Waals surface area contributed by atoms with Gasteiger partial charge in [0.05, 0.1) is 11.4 Å². The lowest BCUT2D eigenvalue weighted by Gasteiger charge is -2.19. The molecule has 0 fully saturated rings. The molecule has 23 heavy (non-hydrogen) atoms. The molecule has 0 saturated heterocycles. The third kappa shape index (κ3) is 4.63. The van der Waals surface area contributed by atoms with Crippen LogP contribution in [0.5, 0.6) is 11.5 Å². The van der Waals surface area contributed by atoms with Crippen LogP contribution in [-0.4, -0.2) is 17.5 Å². The van der Waals surface area contributed by atoms with Gasteiger partial charge >= 0.3 is 0 Å². The van der Waals surface area contributed by atoms with Crippen LogP contribution in [-0.2, 0) is 0 Å². The minimum absolute atomic E-state index is 0.146. The molecule has 2 atom stereocenters. The number of aryl methyl sites for hydroxylation is 1. The molecule has 0 saturated carbocycles. The highest BCUT2D eigenvalue weighted by atomic mass is 79.9. The molecular weight excluding hydrogens is 352 g/mol. The van der Waals surface area contributed by atoms with E-state index in [-0.39, 0.29) is 6.10 Å². The molecule has 0 heterocycles. The summed E-state index contributed by atoms with van der Waals surface area (Å²) in [6.45, 7) is 11.4. The van der Waals surface area contributed by atoms with Gasteiger partial charge in [0.25, 0.3) is 0 Å². The third-order valence-electron chi connectivity index (χ3n) is 4.00. The van der Waals surface area contributed by atoms with Crippen molar-refractivity contribution in [3.63, 3.8) is 0 Å². The van der Waals surface area contributed by atoms with Crippen molar-refractivity contribution in [1.82, 2.24) is 0 Å². The van der Waals surface area contributed by atoms with Gasteiger partial charge in [-0.2, -0.15) is 0 Å². The molecule has 0 amide bonds. The maximum absolute atomic E-state index is 6.05.